The molecule has 6 nitrogen and oxygen atoms in total. The quantitative estimate of drug-likeness (QED) is 0.650. The number of fused-ring (bicyclic) bond motifs is 1. The molecule has 1 unspecified atom stereocenters. The van der Waals surface area contributed by atoms with Crippen molar-refractivity contribution < 1.29 is 19.1 Å². The van der Waals surface area contributed by atoms with E-state index in [4.69, 9.17) is 11.2 Å². The van der Waals surface area contributed by atoms with Crippen LogP contribution >= 0.6 is 0 Å². The van der Waals surface area contributed by atoms with E-state index in [9.17, 15) is 14.4 Å². The van der Waals surface area contributed by atoms with Crippen molar-refractivity contribution in [2.75, 3.05) is 13.7 Å². The number of amides is 3. The fraction of sp³-hybridized carbons (Fsp3) is 0.278. The lowest BCUT2D eigenvalue weighted by atomic mass is 10.1. The Morgan fingerprint density at radius 3 is 2.79 bits per heavy atom. The van der Waals surface area contributed by atoms with Crippen LogP contribution in [0.15, 0.2) is 30.4 Å². The van der Waals surface area contributed by atoms with Crippen molar-refractivity contribution in [3.05, 3.63) is 41.5 Å². The van der Waals surface area contributed by atoms with Crippen LogP contribution in [-0.4, -0.2) is 36.3 Å². The molecule has 2 rings (SSSR count). The topological polar surface area (TPSA) is 75.7 Å². The van der Waals surface area contributed by atoms with Gasteiger partial charge in [-0.2, -0.15) is 0 Å². The summed E-state index contributed by atoms with van der Waals surface area (Å²) in [5.41, 5.74) is 1.58. The van der Waals surface area contributed by atoms with Crippen molar-refractivity contribution in [3.8, 4) is 18.1 Å². The third-order valence-corrected chi connectivity index (χ3v) is 3.74. The molecular weight excluding hydrogens is 308 g/mol. The van der Waals surface area contributed by atoms with E-state index >= 15 is 0 Å². The SMILES string of the molecule is C#CC(CN1Cc2ccc(OC)cc2C1=O)C(=O)NC(=O)C(=C)C. The number of methoxy groups -OCH3 is 1. The highest BCUT2D eigenvalue weighted by atomic mass is 16.5. The lowest BCUT2D eigenvalue weighted by Crippen LogP contribution is -2.41. The number of nitrogens with one attached hydrogen (secondary N) is 1. The first-order valence-corrected chi connectivity index (χ1v) is 7.30. The van der Waals surface area contributed by atoms with Gasteiger partial charge >= 0.3 is 0 Å². The number of nitrogens with zero attached hydrogens (tertiary/aromatic N) is 1. The maximum absolute atomic E-state index is 12.5. The molecule has 0 saturated heterocycles. The van der Waals surface area contributed by atoms with Crippen LogP contribution in [0.1, 0.15) is 22.8 Å². The second-order valence-electron chi connectivity index (χ2n) is 5.53. The Bertz CT molecular complexity index is 761. The molecule has 1 atom stereocenters. The highest BCUT2D eigenvalue weighted by molar-refractivity contribution is 6.05. The van der Waals surface area contributed by atoms with E-state index in [0.29, 0.717) is 17.9 Å². The number of carbonyl (C=O) groups is 3. The van der Waals surface area contributed by atoms with Gasteiger partial charge in [-0.3, -0.25) is 19.7 Å². The minimum atomic E-state index is -0.923. The van der Waals surface area contributed by atoms with Crippen LogP contribution in [-0.2, 0) is 16.1 Å². The molecule has 1 aromatic rings. The zero-order valence-electron chi connectivity index (χ0n) is 13.6. The molecule has 0 fully saturated rings. The van der Waals surface area contributed by atoms with Crippen LogP contribution in [0, 0.1) is 18.3 Å². The van der Waals surface area contributed by atoms with Gasteiger partial charge in [-0.15, -0.1) is 6.42 Å². The number of rotatable bonds is 5. The van der Waals surface area contributed by atoms with E-state index in [2.05, 4.69) is 17.8 Å². The molecule has 1 heterocycles. The maximum atomic E-state index is 12.5. The number of imide groups is 1. The summed E-state index contributed by atoms with van der Waals surface area (Å²) in [6.45, 7) is 5.34. The number of hydrogen-bond acceptors (Lipinski definition) is 4. The number of carbonyl (C=O) groups excluding carboxylic acids is 3. The molecule has 0 saturated carbocycles. The van der Waals surface area contributed by atoms with Crippen LogP contribution < -0.4 is 10.1 Å². The van der Waals surface area contributed by atoms with Crippen molar-refractivity contribution in [3.63, 3.8) is 0 Å². The number of terminal acetylenes is 1. The summed E-state index contributed by atoms with van der Waals surface area (Å²) in [7, 11) is 1.52. The Balaban J connectivity index is 2.09. The van der Waals surface area contributed by atoms with Crippen molar-refractivity contribution in [1.82, 2.24) is 10.2 Å². The Labute approximate surface area is 140 Å². The van der Waals surface area contributed by atoms with E-state index in [-0.39, 0.29) is 18.0 Å². The highest BCUT2D eigenvalue weighted by Gasteiger charge is 2.31. The van der Waals surface area contributed by atoms with Gasteiger partial charge in [0.25, 0.3) is 11.8 Å². The fourth-order valence-corrected chi connectivity index (χ4v) is 2.35. The Morgan fingerprint density at radius 2 is 2.21 bits per heavy atom. The van der Waals surface area contributed by atoms with Crippen LogP contribution in [0.2, 0.25) is 0 Å². The molecule has 1 aromatic carbocycles. The second-order valence-corrected chi connectivity index (χ2v) is 5.53. The Kier molecular flexibility index (Phi) is 5.05. The predicted octanol–water partition coefficient (Wildman–Crippen LogP) is 1.12. The summed E-state index contributed by atoms with van der Waals surface area (Å²) >= 11 is 0. The van der Waals surface area contributed by atoms with Crippen LogP contribution in [0.3, 0.4) is 0 Å². The maximum Gasteiger partial charge on any atom is 0.254 e. The minimum Gasteiger partial charge on any atom is -0.497 e. The van der Waals surface area contributed by atoms with Crippen molar-refractivity contribution in [2.45, 2.75) is 13.5 Å². The number of benzene rings is 1. The normalized spacial score (nSPS) is 13.7. The van der Waals surface area contributed by atoms with Gasteiger partial charge < -0.3 is 9.64 Å². The van der Waals surface area contributed by atoms with E-state index in [1.807, 2.05) is 6.07 Å². The van der Waals surface area contributed by atoms with Crippen molar-refractivity contribution in [2.24, 2.45) is 5.92 Å². The molecule has 1 aliphatic rings. The highest BCUT2D eigenvalue weighted by Crippen LogP contribution is 2.27. The molecule has 0 bridgehead atoms. The zero-order chi connectivity index (χ0) is 17.9. The van der Waals surface area contributed by atoms with Gasteiger partial charge in [0.1, 0.15) is 11.7 Å². The lowest BCUT2D eigenvalue weighted by molar-refractivity contribution is -0.130. The van der Waals surface area contributed by atoms with Gasteiger partial charge in [0.05, 0.1) is 7.11 Å². The van der Waals surface area contributed by atoms with E-state index in [1.54, 1.807) is 12.1 Å². The van der Waals surface area contributed by atoms with Crippen molar-refractivity contribution in [1.29, 1.82) is 0 Å². The Morgan fingerprint density at radius 1 is 1.50 bits per heavy atom. The first-order valence-electron chi connectivity index (χ1n) is 7.30. The standard InChI is InChI=1S/C18H18N2O4/c1-5-12(17(22)19-16(21)11(2)3)9-20-10-13-6-7-14(24-4)8-15(13)18(20)23/h1,6-8,12H,2,9-10H2,3-4H3,(H,19,21,22). The molecule has 6 heteroatoms. The largest absolute Gasteiger partial charge is 0.497 e. The summed E-state index contributed by atoms with van der Waals surface area (Å²) in [5, 5.41) is 2.18. The first kappa shape index (κ1) is 17.3. The van der Waals surface area contributed by atoms with Gasteiger partial charge in [-0.1, -0.05) is 18.6 Å². The molecule has 3 amide bonds. The monoisotopic (exact) mass is 326 g/mol. The Hall–Kier alpha value is -3.07. The molecule has 0 spiro atoms. The van der Waals surface area contributed by atoms with Crippen LogP contribution in [0.4, 0.5) is 0 Å². The summed E-state index contributed by atoms with van der Waals surface area (Å²) < 4.78 is 5.12. The molecular formula is C18H18N2O4. The summed E-state index contributed by atoms with van der Waals surface area (Å²) in [6.07, 6.45) is 5.40. The van der Waals surface area contributed by atoms with Crippen LogP contribution in [0.25, 0.3) is 0 Å². The molecule has 24 heavy (non-hydrogen) atoms. The van der Waals surface area contributed by atoms with Gasteiger partial charge in [0.15, 0.2) is 0 Å². The van der Waals surface area contributed by atoms with Gasteiger partial charge in [-0.05, 0) is 24.6 Å². The van der Waals surface area contributed by atoms with Crippen LogP contribution in [0.5, 0.6) is 5.75 Å². The number of hydrogen-bond donors (Lipinski definition) is 1. The van der Waals surface area contributed by atoms with E-state index in [1.165, 1.54) is 18.9 Å². The molecule has 1 aliphatic heterocycles. The summed E-state index contributed by atoms with van der Waals surface area (Å²) in [6, 6.07) is 5.24. The summed E-state index contributed by atoms with van der Waals surface area (Å²) in [5.74, 6) is 0.573. The van der Waals surface area contributed by atoms with Gasteiger partial charge in [-0.25, -0.2) is 0 Å². The zero-order valence-corrected chi connectivity index (χ0v) is 13.6. The predicted molar refractivity (Wildman–Crippen MR) is 88.0 cm³/mol. The van der Waals surface area contributed by atoms with Gasteiger partial charge in [0, 0.05) is 24.2 Å². The average Bonchev–Trinajstić information content (AvgIpc) is 2.87. The minimum absolute atomic E-state index is 0.0294. The molecule has 124 valence electrons. The third-order valence-electron chi connectivity index (χ3n) is 3.74. The molecule has 0 aliphatic carbocycles. The van der Waals surface area contributed by atoms with E-state index in [0.717, 1.165) is 5.56 Å². The molecule has 1 N–H and O–H groups in total. The number of ether oxygens (including phenoxy) is 1. The average molecular weight is 326 g/mol. The lowest BCUT2D eigenvalue weighted by Gasteiger charge is -2.19. The van der Waals surface area contributed by atoms with Crippen molar-refractivity contribution >= 4 is 17.7 Å². The molecule has 0 aromatic heterocycles. The first-order chi connectivity index (χ1) is 11.4. The summed E-state index contributed by atoms with van der Waals surface area (Å²) in [4.78, 5) is 37.6. The molecule has 0 radical (unpaired) electrons. The second kappa shape index (κ2) is 7.01. The van der Waals surface area contributed by atoms with E-state index < -0.39 is 17.7 Å². The van der Waals surface area contributed by atoms with Gasteiger partial charge in [0.2, 0.25) is 5.91 Å². The smallest absolute Gasteiger partial charge is 0.254 e. The fourth-order valence-electron chi connectivity index (χ4n) is 2.35. The third kappa shape index (κ3) is 3.46.